The molecule has 6 heteroatoms. The van der Waals surface area contributed by atoms with Crippen LogP contribution in [0.3, 0.4) is 0 Å². The standard InChI is InChI=1S/C12H19N5O/c1-4-12(5-6-13-7-12)10(18)15-11-14-8(2)9(3)16-17-11/h13H,4-7H2,1-3H3,(H,14,15,17,18). The van der Waals surface area contributed by atoms with Crippen molar-refractivity contribution in [2.75, 3.05) is 18.4 Å². The van der Waals surface area contributed by atoms with Gasteiger partial charge in [-0.05, 0) is 33.2 Å². The van der Waals surface area contributed by atoms with E-state index in [9.17, 15) is 4.79 Å². The van der Waals surface area contributed by atoms with Crippen molar-refractivity contribution in [2.45, 2.75) is 33.6 Å². The predicted molar refractivity (Wildman–Crippen MR) is 68.1 cm³/mol. The van der Waals surface area contributed by atoms with Crippen LogP contribution in [-0.2, 0) is 4.79 Å². The molecule has 0 bridgehead atoms. The van der Waals surface area contributed by atoms with Crippen molar-refractivity contribution in [3.63, 3.8) is 0 Å². The van der Waals surface area contributed by atoms with Crippen LogP contribution in [-0.4, -0.2) is 34.2 Å². The normalized spacial score (nSPS) is 23.1. The summed E-state index contributed by atoms with van der Waals surface area (Å²) in [6, 6.07) is 0. The molecule has 2 heterocycles. The third-order valence-electron chi connectivity index (χ3n) is 3.72. The van der Waals surface area contributed by atoms with Crippen LogP contribution >= 0.6 is 0 Å². The van der Waals surface area contributed by atoms with Gasteiger partial charge < -0.3 is 5.32 Å². The van der Waals surface area contributed by atoms with Crippen LogP contribution in [0.4, 0.5) is 5.95 Å². The van der Waals surface area contributed by atoms with Crippen molar-refractivity contribution in [1.29, 1.82) is 0 Å². The van der Waals surface area contributed by atoms with E-state index in [0.29, 0.717) is 12.5 Å². The van der Waals surface area contributed by atoms with Crippen LogP contribution in [0.25, 0.3) is 0 Å². The fraction of sp³-hybridized carbons (Fsp3) is 0.667. The number of aryl methyl sites for hydroxylation is 2. The van der Waals surface area contributed by atoms with Crippen molar-refractivity contribution in [3.8, 4) is 0 Å². The molecule has 0 radical (unpaired) electrons. The minimum atomic E-state index is -0.331. The van der Waals surface area contributed by atoms with Gasteiger partial charge in [-0.25, -0.2) is 4.98 Å². The summed E-state index contributed by atoms with van der Waals surface area (Å²) in [6.07, 6.45) is 1.66. The zero-order valence-corrected chi connectivity index (χ0v) is 11.1. The summed E-state index contributed by atoms with van der Waals surface area (Å²) in [6.45, 7) is 7.33. The molecule has 2 N–H and O–H groups in total. The molecular weight excluding hydrogens is 230 g/mol. The molecule has 98 valence electrons. The van der Waals surface area contributed by atoms with Gasteiger partial charge in [-0.2, -0.15) is 5.10 Å². The Morgan fingerprint density at radius 3 is 2.72 bits per heavy atom. The molecule has 18 heavy (non-hydrogen) atoms. The van der Waals surface area contributed by atoms with Gasteiger partial charge in [-0.3, -0.25) is 10.1 Å². The number of hydrogen-bond donors (Lipinski definition) is 2. The number of carbonyl (C=O) groups excluding carboxylic acids is 1. The van der Waals surface area contributed by atoms with Gasteiger partial charge in [0.25, 0.3) is 0 Å². The Morgan fingerprint density at radius 2 is 2.17 bits per heavy atom. The largest absolute Gasteiger partial charge is 0.316 e. The Morgan fingerprint density at radius 1 is 1.39 bits per heavy atom. The van der Waals surface area contributed by atoms with E-state index in [0.717, 1.165) is 30.8 Å². The van der Waals surface area contributed by atoms with Gasteiger partial charge in [0, 0.05) is 6.54 Å². The lowest BCUT2D eigenvalue weighted by Crippen LogP contribution is -2.38. The van der Waals surface area contributed by atoms with E-state index >= 15 is 0 Å². The molecule has 2 rings (SSSR count). The van der Waals surface area contributed by atoms with Gasteiger partial charge in [0.2, 0.25) is 11.9 Å². The smallest absolute Gasteiger partial charge is 0.249 e. The van der Waals surface area contributed by atoms with Crippen LogP contribution in [0.2, 0.25) is 0 Å². The molecule has 0 aromatic carbocycles. The Hall–Kier alpha value is -1.56. The fourth-order valence-corrected chi connectivity index (χ4v) is 2.14. The summed E-state index contributed by atoms with van der Waals surface area (Å²) in [5.41, 5.74) is 1.23. The second-order valence-electron chi connectivity index (χ2n) is 4.82. The first-order chi connectivity index (χ1) is 8.57. The van der Waals surface area contributed by atoms with Crippen molar-refractivity contribution in [1.82, 2.24) is 20.5 Å². The van der Waals surface area contributed by atoms with E-state index in [1.807, 2.05) is 20.8 Å². The van der Waals surface area contributed by atoms with Gasteiger partial charge in [0.1, 0.15) is 0 Å². The van der Waals surface area contributed by atoms with Crippen LogP contribution < -0.4 is 10.6 Å². The minimum absolute atomic E-state index is 0.0138. The van der Waals surface area contributed by atoms with Crippen LogP contribution in [0.15, 0.2) is 0 Å². The predicted octanol–water partition coefficient (Wildman–Crippen LogP) is 0.817. The maximum Gasteiger partial charge on any atom is 0.249 e. The molecule has 1 aromatic rings. The van der Waals surface area contributed by atoms with E-state index in [2.05, 4.69) is 25.8 Å². The van der Waals surface area contributed by atoms with Crippen LogP contribution in [0, 0.1) is 19.3 Å². The Balaban J connectivity index is 2.13. The number of anilines is 1. The number of carbonyl (C=O) groups is 1. The summed E-state index contributed by atoms with van der Waals surface area (Å²) >= 11 is 0. The topological polar surface area (TPSA) is 79.8 Å². The Bertz CT molecular complexity index is 454. The van der Waals surface area contributed by atoms with E-state index < -0.39 is 0 Å². The average molecular weight is 249 g/mol. The summed E-state index contributed by atoms with van der Waals surface area (Å²) in [7, 11) is 0. The van der Waals surface area contributed by atoms with Gasteiger partial charge in [-0.15, -0.1) is 5.10 Å². The van der Waals surface area contributed by atoms with Crippen molar-refractivity contribution < 1.29 is 4.79 Å². The molecule has 1 unspecified atom stereocenters. The second kappa shape index (κ2) is 4.97. The lowest BCUT2D eigenvalue weighted by atomic mass is 9.83. The van der Waals surface area contributed by atoms with E-state index in [-0.39, 0.29) is 11.3 Å². The van der Waals surface area contributed by atoms with Crippen molar-refractivity contribution in [3.05, 3.63) is 11.4 Å². The summed E-state index contributed by atoms with van der Waals surface area (Å²) in [5, 5.41) is 13.9. The highest BCUT2D eigenvalue weighted by molar-refractivity contribution is 5.94. The maximum atomic E-state index is 12.3. The highest BCUT2D eigenvalue weighted by Crippen LogP contribution is 2.30. The van der Waals surface area contributed by atoms with Gasteiger partial charge >= 0.3 is 0 Å². The average Bonchev–Trinajstić information content (AvgIpc) is 2.84. The lowest BCUT2D eigenvalue weighted by molar-refractivity contribution is -0.124. The highest BCUT2D eigenvalue weighted by Gasteiger charge is 2.39. The molecule has 6 nitrogen and oxygen atoms in total. The lowest BCUT2D eigenvalue weighted by Gasteiger charge is -2.24. The third kappa shape index (κ3) is 2.33. The summed E-state index contributed by atoms with van der Waals surface area (Å²) < 4.78 is 0. The molecule has 0 spiro atoms. The van der Waals surface area contributed by atoms with Gasteiger partial charge in [-0.1, -0.05) is 6.92 Å². The SMILES string of the molecule is CCC1(C(=O)Nc2nnc(C)c(C)n2)CCNC1. The zero-order valence-electron chi connectivity index (χ0n) is 11.1. The minimum Gasteiger partial charge on any atom is -0.316 e. The van der Waals surface area contributed by atoms with E-state index in [4.69, 9.17) is 0 Å². The summed E-state index contributed by atoms with van der Waals surface area (Å²) in [4.78, 5) is 16.5. The van der Waals surface area contributed by atoms with Crippen LogP contribution in [0.5, 0.6) is 0 Å². The molecule has 1 aliphatic heterocycles. The molecule has 1 aliphatic rings. The van der Waals surface area contributed by atoms with Crippen molar-refractivity contribution >= 4 is 11.9 Å². The fourth-order valence-electron chi connectivity index (χ4n) is 2.14. The number of rotatable bonds is 3. The molecule has 1 atom stereocenters. The van der Waals surface area contributed by atoms with E-state index in [1.54, 1.807) is 0 Å². The second-order valence-corrected chi connectivity index (χ2v) is 4.82. The molecule has 1 amide bonds. The monoisotopic (exact) mass is 249 g/mol. The number of nitrogens with one attached hydrogen (secondary N) is 2. The molecule has 1 fully saturated rings. The maximum absolute atomic E-state index is 12.3. The van der Waals surface area contributed by atoms with Gasteiger partial charge in [0.15, 0.2) is 0 Å². The Labute approximate surface area is 107 Å². The third-order valence-corrected chi connectivity index (χ3v) is 3.72. The van der Waals surface area contributed by atoms with Crippen molar-refractivity contribution in [2.24, 2.45) is 5.41 Å². The zero-order chi connectivity index (χ0) is 13.2. The molecule has 0 saturated carbocycles. The van der Waals surface area contributed by atoms with Gasteiger partial charge in [0.05, 0.1) is 16.8 Å². The first-order valence-electron chi connectivity index (χ1n) is 6.27. The van der Waals surface area contributed by atoms with Crippen LogP contribution in [0.1, 0.15) is 31.2 Å². The molecule has 1 aromatic heterocycles. The molecule has 1 saturated heterocycles. The summed E-state index contributed by atoms with van der Waals surface area (Å²) in [5.74, 6) is 0.280. The number of aromatic nitrogens is 3. The first kappa shape index (κ1) is 12.9. The first-order valence-corrected chi connectivity index (χ1v) is 6.27. The quantitative estimate of drug-likeness (QED) is 0.829. The number of amides is 1. The Kier molecular flexibility index (Phi) is 3.56. The molecular formula is C12H19N5O. The van der Waals surface area contributed by atoms with E-state index in [1.165, 1.54) is 0 Å². The molecule has 0 aliphatic carbocycles. The number of hydrogen-bond acceptors (Lipinski definition) is 5. The highest BCUT2D eigenvalue weighted by atomic mass is 16.2. The number of nitrogens with zero attached hydrogens (tertiary/aromatic N) is 3.